The van der Waals surface area contributed by atoms with Gasteiger partial charge in [-0.2, -0.15) is 5.10 Å². The lowest BCUT2D eigenvalue weighted by Crippen LogP contribution is -1.97. The van der Waals surface area contributed by atoms with Gasteiger partial charge in [0, 0.05) is 24.2 Å². The zero-order chi connectivity index (χ0) is 10.1. The molecule has 14 heavy (non-hydrogen) atoms. The van der Waals surface area contributed by atoms with Crippen LogP contribution in [0.15, 0.2) is 23.8 Å². The van der Waals surface area contributed by atoms with Gasteiger partial charge in [0.15, 0.2) is 5.78 Å². The first-order chi connectivity index (χ1) is 6.66. The number of ketones is 1. The van der Waals surface area contributed by atoms with E-state index in [4.69, 9.17) is 11.6 Å². The second-order valence-corrected chi connectivity index (χ2v) is 4.41. The lowest BCUT2D eigenvalue weighted by Gasteiger charge is -1.90. The van der Waals surface area contributed by atoms with Crippen LogP contribution in [0.1, 0.15) is 15.9 Å². The topological polar surface area (TPSA) is 34.9 Å². The Hall–Kier alpha value is -1.13. The molecule has 0 aliphatic heterocycles. The fourth-order valence-corrected chi connectivity index (χ4v) is 2.00. The van der Waals surface area contributed by atoms with E-state index in [0.717, 1.165) is 0 Å². The number of rotatable bonds is 2. The van der Waals surface area contributed by atoms with Crippen LogP contribution in [0.5, 0.6) is 0 Å². The Morgan fingerprint density at radius 1 is 1.57 bits per heavy atom. The molecule has 0 saturated heterocycles. The summed E-state index contributed by atoms with van der Waals surface area (Å²) in [7, 11) is 1.78. The fourth-order valence-electron chi connectivity index (χ4n) is 1.13. The van der Waals surface area contributed by atoms with E-state index >= 15 is 0 Å². The van der Waals surface area contributed by atoms with Crippen LogP contribution in [0.25, 0.3) is 0 Å². The van der Waals surface area contributed by atoms with Crippen LogP contribution in [-0.4, -0.2) is 15.6 Å². The Morgan fingerprint density at radius 3 is 2.86 bits per heavy atom. The molecule has 0 fully saturated rings. The van der Waals surface area contributed by atoms with Crippen molar-refractivity contribution in [1.82, 2.24) is 9.78 Å². The highest BCUT2D eigenvalue weighted by atomic mass is 35.5. The van der Waals surface area contributed by atoms with Crippen LogP contribution in [0.4, 0.5) is 0 Å². The maximum atomic E-state index is 11.8. The van der Waals surface area contributed by atoms with Crippen molar-refractivity contribution in [3.63, 3.8) is 0 Å². The van der Waals surface area contributed by atoms with E-state index in [2.05, 4.69) is 5.10 Å². The minimum Gasteiger partial charge on any atom is -0.288 e. The molecule has 0 aliphatic carbocycles. The smallest absolute Gasteiger partial charge is 0.197 e. The molecule has 2 rings (SSSR count). The summed E-state index contributed by atoms with van der Waals surface area (Å²) < 4.78 is 2.22. The largest absolute Gasteiger partial charge is 0.288 e. The molecule has 0 amide bonds. The zero-order valence-electron chi connectivity index (χ0n) is 7.40. The van der Waals surface area contributed by atoms with Gasteiger partial charge in [0.25, 0.3) is 0 Å². The summed E-state index contributed by atoms with van der Waals surface area (Å²) in [6, 6.07) is 1.67. The molecule has 0 N–H and O–H groups in total. The number of hydrogen-bond donors (Lipinski definition) is 0. The number of aromatic nitrogens is 2. The predicted octanol–water partition coefficient (Wildman–Crippen LogP) is 2.37. The van der Waals surface area contributed by atoms with Gasteiger partial charge in [-0.05, 0) is 6.07 Å². The normalized spacial score (nSPS) is 10.4. The Bertz CT molecular complexity index is 432. The second kappa shape index (κ2) is 3.55. The van der Waals surface area contributed by atoms with Crippen molar-refractivity contribution in [3.05, 3.63) is 39.3 Å². The number of aryl methyl sites for hydroxylation is 1. The van der Waals surface area contributed by atoms with Crippen molar-refractivity contribution in [1.29, 1.82) is 0 Å². The molecule has 0 aliphatic rings. The summed E-state index contributed by atoms with van der Waals surface area (Å²) in [5, 5.41) is 5.68. The SMILES string of the molecule is Cn1cc(C(=O)c2csc(Cl)c2)cn1. The summed E-state index contributed by atoms with van der Waals surface area (Å²) in [5.74, 6) is -0.0405. The molecule has 0 unspecified atom stereocenters. The highest BCUT2D eigenvalue weighted by Gasteiger charge is 2.12. The molecule has 0 saturated carbocycles. The number of carbonyl (C=O) groups excluding carboxylic acids is 1. The summed E-state index contributed by atoms with van der Waals surface area (Å²) in [4.78, 5) is 11.8. The summed E-state index contributed by atoms with van der Waals surface area (Å²) in [6.07, 6.45) is 3.24. The average molecular weight is 227 g/mol. The van der Waals surface area contributed by atoms with Gasteiger partial charge in [-0.3, -0.25) is 9.48 Å². The minimum atomic E-state index is -0.0405. The van der Waals surface area contributed by atoms with Gasteiger partial charge in [0.1, 0.15) is 0 Å². The van der Waals surface area contributed by atoms with Crippen molar-refractivity contribution >= 4 is 28.7 Å². The lowest BCUT2D eigenvalue weighted by molar-refractivity contribution is 0.103. The number of hydrogen-bond acceptors (Lipinski definition) is 3. The Labute approximate surface area is 89.9 Å². The van der Waals surface area contributed by atoms with Crippen LogP contribution in [0.2, 0.25) is 4.34 Å². The van der Waals surface area contributed by atoms with E-state index in [0.29, 0.717) is 15.5 Å². The molecule has 72 valence electrons. The molecule has 0 spiro atoms. The Kier molecular flexibility index (Phi) is 2.39. The van der Waals surface area contributed by atoms with Gasteiger partial charge < -0.3 is 0 Å². The molecule has 2 aromatic heterocycles. The van der Waals surface area contributed by atoms with Crippen LogP contribution in [0, 0.1) is 0 Å². The van der Waals surface area contributed by atoms with E-state index in [1.807, 2.05) is 0 Å². The summed E-state index contributed by atoms with van der Waals surface area (Å²) >= 11 is 7.09. The lowest BCUT2D eigenvalue weighted by atomic mass is 10.1. The average Bonchev–Trinajstić information content (AvgIpc) is 2.73. The van der Waals surface area contributed by atoms with E-state index in [1.165, 1.54) is 11.3 Å². The van der Waals surface area contributed by atoms with Crippen molar-refractivity contribution in [2.24, 2.45) is 7.05 Å². The van der Waals surface area contributed by atoms with Gasteiger partial charge in [-0.25, -0.2) is 0 Å². The number of halogens is 1. The monoisotopic (exact) mass is 226 g/mol. The quantitative estimate of drug-likeness (QED) is 0.737. The first-order valence-electron chi connectivity index (χ1n) is 3.94. The van der Waals surface area contributed by atoms with E-state index in [9.17, 15) is 4.79 Å². The molecule has 2 heterocycles. The van der Waals surface area contributed by atoms with Crippen LogP contribution in [-0.2, 0) is 7.05 Å². The predicted molar refractivity (Wildman–Crippen MR) is 56.0 cm³/mol. The maximum Gasteiger partial charge on any atom is 0.197 e. The molecule has 0 bridgehead atoms. The molecule has 2 aromatic rings. The van der Waals surface area contributed by atoms with Gasteiger partial charge in [-0.1, -0.05) is 11.6 Å². The Balaban J connectivity index is 2.33. The van der Waals surface area contributed by atoms with Crippen molar-refractivity contribution < 1.29 is 4.79 Å². The molecule has 5 heteroatoms. The van der Waals surface area contributed by atoms with E-state index in [1.54, 1.807) is 35.6 Å². The first-order valence-corrected chi connectivity index (χ1v) is 5.20. The van der Waals surface area contributed by atoms with Gasteiger partial charge in [-0.15, -0.1) is 11.3 Å². The second-order valence-electron chi connectivity index (χ2n) is 2.87. The molecule has 0 atom stereocenters. The van der Waals surface area contributed by atoms with Gasteiger partial charge in [0.2, 0.25) is 0 Å². The third-order valence-electron chi connectivity index (χ3n) is 1.80. The number of thiophene rings is 1. The van der Waals surface area contributed by atoms with Crippen LogP contribution in [0.3, 0.4) is 0 Å². The highest BCUT2D eigenvalue weighted by Crippen LogP contribution is 2.21. The maximum absolute atomic E-state index is 11.8. The first kappa shape index (κ1) is 9.43. The third kappa shape index (κ3) is 1.71. The van der Waals surface area contributed by atoms with Crippen LogP contribution < -0.4 is 0 Å². The van der Waals surface area contributed by atoms with Crippen molar-refractivity contribution in [2.45, 2.75) is 0 Å². The zero-order valence-corrected chi connectivity index (χ0v) is 8.97. The molecule has 3 nitrogen and oxygen atoms in total. The molecular weight excluding hydrogens is 220 g/mol. The number of nitrogens with zero attached hydrogens (tertiary/aromatic N) is 2. The highest BCUT2D eigenvalue weighted by molar-refractivity contribution is 7.14. The molecule has 0 aromatic carbocycles. The number of carbonyl (C=O) groups is 1. The van der Waals surface area contributed by atoms with Gasteiger partial charge in [0.05, 0.1) is 16.1 Å². The molecular formula is C9H7ClN2OS. The fraction of sp³-hybridized carbons (Fsp3) is 0.111. The molecule has 0 radical (unpaired) electrons. The van der Waals surface area contributed by atoms with E-state index < -0.39 is 0 Å². The summed E-state index contributed by atoms with van der Waals surface area (Å²) in [5.41, 5.74) is 1.20. The van der Waals surface area contributed by atoms with Gasteiger partial charge >= 0.3 is 0 Å². The minimum absolute atomic E-state index is 0.0405. The van der Waals surface area contributed by atoms with Crippen molar-refractivity contribution in [2.75, 3.05) is 0 Å². The van der Waals surface area contributed by atoms with Crippen molar-refractivity contribution in [3.8, 4) is 0 Å². The van der Waals surface area contributed by atoms with Crippen LogP contribution >= 0.6 is 22.9 Å². The Morgan fingerprint density at radius 2 is 2.36 bits per heavy atom. The standard InChI is InChI=1S/C9H7ClN2OS/c1-12-4-7(3-11-12)9(13)6-2-8(10)14-5-6/h2-5H,1H3. The summed E-state index contributed by atoms with van der Waals surface area (Å²) in [6.45, 7) is 0. The van der Waals surface area contributed by atoms with E-state index in [-0.39, 0.29) is 5.78 Å². The third-order valence-corrected chi connectivity index (χ3v) is 2.89.